The van der Waals surface area contributed by atoms with Gasteiger partial charge < -0.3 is 15.0 Å². The van der Waals surface area contributed by atoms with E-state index in [2.05, 4.69) is 26.1 Å². The minimum atomic E-state index is -0.611. The number of rotatable bonds is 8. The number of amides is 2. The van der Waals surface area contributed by atoms with Crippen LogP contribution in [0.2, 0.25) is 5.02 Å². The lowest BCUT2D eigenvalue weighted by Crippen LogP contribution is -2.50. The number of halogens is 1. The quantitative estimate of drug-likeness (QED) is 0.554. The monoisotopic (exact) mass is 470 g/mol. The standard InChI is InChI=1S/C27H35ClN2O3/c1-19(26(32)29-23-7-5-6-8-23)30(17-20-9-13-22(28)14-10-20)25(31)18-33-24-15-11-21(12-16-24)27(2,3)4/h9-16,19,23H,5-8,17-18H2,1-4H3,(H,29,32)/t19-/m0/s1. The molecule has 0 aromatic heterocycles. The van der Waals surface area contributed by atoms with Gasteiger partial charge in [-0.25, -0.2) is 0 Å². The lowest BCUT2D eigenvalue weighted by atomic mass is 9.87. The Morgan fingerprint density at radius 3 is 2.24 bits per heavy atom. The summed E-state index contributed by atoms with van der Waals surface area (Å²) >= 11 is 6.01. The summed E-state index contributed by atoms with van der Waals surface area (Å²) < 4.78 is 5.79. The molecule has 0 heterocycles. The van der Waals surface area contributed by atoms with Crippen molar-refractivity contribution in [3.05, 3.63) is 64.7 Å². The van der Waals surface area contributed by atoms with E-state index in [4.69, 9.17) is 16.3 Å². The third kappa shape index (κ3) is 7.23. The summed E-state index contributed by atoms with van der Waals surface area (Å²) in [5.74, 6) is 0.267. The molecule has 0 radical (unpaired) electrons. The van der Waals surface area contributed by atoms with Gasteiger partial charge in [0.1, 0.15) is 11.8 Å². The van der Waals surface area contributed by atoms with E-state index in [0.29, 0.717) is 17.3 Å². The van der Waals surface area contributed by atoms with Crippen molar-refractivity contribution in [2.45, 2.75) is 77.4 Å². The Morgan fingerprint density at radius 2 is 1.67 bits per heavy atom. The van der Waals surface area contributed by atoms with Crippen LogP contribution in [0.4, 0.5) is 0 Å². The van der Waals surface area contributed by atoms with Crippen LogP contribution in [0.1, 0.15) is 64.5 Å². The molecule has 0 aliphatic heterocycles. The van der Waals surface area contributed by atoms with Crippen molar-refractivity contribution in [2.24, 2.45) is 0 Å². The van der Waals surface area contributed by atoms with Crippen LogP contribution in [0.5, 0.6) is 5.75 Å². The van der Waals surface area contributed by atoms with Crippen molar-refractivity contribution in [3.63, 3.8) is 0 Å². The predicted molar refractivity (Wildman–Crippen MR) is 132 cm³/mol. The molecule has 2 amide bonds. The van der Waals surface area contributed by atoms with Crippen LogP contribution < -0.4 is 10.1 Å². The highest BCUT2D eigenvalue weighted by molar-refractivity contribution is 6.30. The molecule has 0 unspecified atom stereocenters. The fourth-order valence-electron chi connectivity index (χ4n) is 4.04. The van der Waals surface area contributed by atoms with E-state index >= 15 is 0 Å². The molecule has 1 aliphatic carbocycles. The lowest BCUT2D eigenvalue weighted by Gasteiger charge is -2.29. The van der Waals surface area contributed by atoms with Crippen molar-refractivity contribution in [2.75, 3.05) is 6.61 Å². The average Bonchev–Trinajstić information content (AvgIpc) is 3.29. The van der Waals surface area contributed by atoms with Crippen LogP contribution in [0.3, 0.4) is 0 Å². The predicted octanol–water partition coefficient (Wildman–Crippen LogP) is 5.49. The molecule has 0 spiro atoms. The van der Waals surface area contributed by atoms with E-state index in [1.807, 2.05) is 36.4 Å². The summed E-state index contributed by atoms with van der Waals surface area (Å²) in [5, 5.41) is 3.74. The molecule has 1 atom stereocenters. The topological polar surface area (TPSA) is 58.6 Å². The SMILES string of the molecule is C[C@@H](C(=O)NC1CCCC1)N(Cc1ccc(Cl)cc1)C(=O)COc1ccc(C(C)(C)C)cc1. The maximum Gasteiger partial charge on any atom is 0.261 e. The van der Waals surface area contributed by atoms with E-state index in [-0.39, 0.29) is 29.9 Å². The van der Waals surface area contributed by atoms with Crippen LogP contribution in [0.15, 0.2) is 48.5 Å². The third-order valence-corrected chi connectivity index (χ3v) is 6.47. The largest absolute Gasteiger partial charge is 0.484 e. The van der Waals surface area contributed by atoms with Gasteiger partial charge in [-0.15, -0.1) is 0 Å². The Hall–Kier alpha value is -2.53. The number of carbonyl (C=O) groups excluding carboxylic acids is 2. The zero-order valence-corrected chi connectivity index (χ0v) is 20.8. The first-order chi connectivity index (χ1) is 15.6. The van der Waals surface area contributed by atoms with E-state index in [0.717, 1.165) is 31.2 Å². The van der Waals surface area contributed by atoms with Crippen molar-refractivity contribution in [1.29, 1.82) is 0 Å². The molecule has 178 valence electrons. The molecule has 0 bridgehead atoms. The Bertz CT molecular complexity index is 929. The van der Waals surface area contributed by atoms with Crippen LogP contribution in [0.25, 0.3) is 0 Å². The average molecular weight is 471 g/mol. The molecule has 3 rings (SSSR count). The van der Waals surface area contributed by atoms with Gasteiger partial charge in [-0.3, -0.25) is 9.59 Å². The zero-order chi connectivity index (χ0) is 24.0. The van der Waals surface area contributed by atoms with E-state index < -0.39 is 6.04 Å². The third-order valence-electron chi connectivity index (χ3n) is 6.22. The highest BCUT2D eigenvalue weighted by Crippen LogP contribution is 2.24. The highest BCUT2D eigenvalue weighted by Gasteiger charge is 2.28. The molecular weight excluding hydrogens is 436 g/mol. The summed E-state index contributed by atoms with van der Waals surface area (Å²) in [6.45, 7) is 8.40. The second kappa shape index (κ2) is 11.1. The van der Waals surface area contributed by atoms with Gasteiger partial charge in [0.05, 0.1) is 0 Å². The fraction of sp³-hybridized carbons (Fsp3) is 0.481. The van der Waals surface area contributed by atoms with Crippen LogP contribution in [-0.4, -0.2) is 35.4 Å². The Balaban J connectivity index is 1.69. The molecule has 0 saturated heterocycles. The maximum atomic E-state index is 13.2. The van der Waals surface area contributed by atoms with Crippen LogP contribution in [0, 0.1) is 0 Å². The molecule has 2 aromatic carbocycles. The number of carbonyl (C=O) groups is 2. The van der Waals surface area contributed by atoms with Crippen molar-refractivity contribution < 1.29 is 14.3 Å². The molecular formula is C27H35ClN2O3. The first kappa shape index (κ1) is 25.1. The van der Waals surface area contributed by atoms with Gasteiger partial charge in [0.2, 0.25) is 5.91 Å². The van der Waals surface area contributed by atoms with Crippen LogP contribution in [-0.2, 0) is 21.5 Å². The normalized spacial score (nSPS) is 15.2. The first-order valence-corrected chi connectivity index (χ1v) is 12.1. The van der Waals surface area contributed by atoms with Gasteiger partial charge in [-0.05, 0) is 60.6 Å². The molecule has 5 nitrogen and oxygen atoms in total. The molecule has 1 saturated carbocycles. The molecule has 33 heavy (non-hydrogen) atoms. The number of benzene rings is 2. The van der Waals surface area contributed by atoms with Gasteiger partial charge in [0, 0.05) is 17.6 Å². The Labute approximate surface area is 202 Å². The van der Waals surface area contributed by atoms with E-state index in [9.17, 15) is 9.59 Å². The summed E-state index contributed by atoms with van der Waals surface area (Å²) in [7, 11) is 0. The molecule has 1 fully saturated rings. The molecule has 6 heteroatoms. The number of nitrogens with zero attached hydrogens (tertiary/aromatic N) is 1. The van der Waals surface area contributed by atoms with E-state index in [1.54, 1.807) is 24.0 Å². The van der Waals surface area contributed by atoms with Crippen molar-refractivity contribution in [3.8, 4) is 5.75 Å². The lowest BCUT2D eigenvalue weighted by molar-refractivity contribution is -0.142. The van der Waals surface area contributed by atoms with Crippen molar-refractivity contribution in [1.82, 2.24) is 10.2 Å². The van der Waals surface area contributed by atoms with Gasteiger partial charge in [-0.1, -0.05) is 69.5 Å². The Kier molecular flexibility index (Phi) is 8.41. The summed E-state index contributed by atoms with van der Waals surface area (Å²) in [5.41, 5.74) is 2.15. The highest BCUT2D eigenvalue weighted by atomic mass is 35.5. The van der Waals surface area contributed by atoms with Crippen molar-refractivity contribution >= 4 is 23.4 Å². The summed E-state index contributed by atoms with van der Waals surface area (Å²) in [4.78, 5) is 27.7. The van der Waals surface area contributed by atoms with Gasteiger partial charge in [-0.2, -0.15) is 0 Å². The zero-order valence-electron chi connectivity index (χ0n) is 20.1. The Morgan fingerprint density at radius 1 is 1.06 bits per heavy atom. The van der Waals surface area contributed by atoms with Gasteiger partial charge in [0.15, 0.2) is 6.61 Å². The van der Waals surface area contributed by atoms with Crippen LogP contribution >= 0.6 is 11.6 Å². The maximum absolute atomic E-state index is 13.2. The second-order valence-electron chi connectivity index (χ2n) is 9.88. The molecule has 2 aromatic rings. The number of nitrogens with one attached hydrogen (secondary N) is 1. The second-order valence-corrected chi connectivity index (χ2v) is 10.3. The number of hydrogen-bond acceptors (Lipinski definition) is 3. The molecule has 1 aliphatic rings. The minimum Gasteiger partial charge on any atom is -0.484 e. The number of ether oxygens (including phenoxy) is 1. The summed E-state index contributed by atoms with van der Waals surface area (Å²) in [6, 6.07) is 14.7. The van der Waals surface area contributed by atoms with E-state index in [1.165, 1.54) is 5.56 Å². The number of hydrogen-bond donors (Lipinski definition) is 1. The first-order valence-electron chi connectivity index (χ1n) is 11.7. The fourth-order valence-corrected chi connectivity index (χ4v) is 4.17. The smallest absolute Gasteiger partial charge is 0.261 e. The van der Waals surface area contributed by atoms with Gasteiger partial charge in [0.25, 0.3) is 5.91 Å². The summed E-state index contributed by atoms with van der Waals surface area (Å²) in [6.07, 6.45) is 4.26. The minimum absolute atomic E-state index is 0.0475. The van der Waals surface area contributed by atoms with Gasteiger partial charge >= 0.3 is 0 Å². The molecule has 1 N–H and O–H groups in total.